The van der Waals surface area contributed by atoms with Crippen molar-refractivity contribution in [3.8, 4) is 5.75 Å². The lowest BCUT2D eigenvalue weighted by Crippen LogP contribution is -1.93. The fourth-order valence-electron chi connectivity index (χ4n) is 0.661. The Labute approximate surface area is 62.6 Å². The lowest BCUT2D eigenvalue weighted by molar-refractivity contribution is 0.191. The number of ether oxygens (including phenoxy) is 1. The average Bonchev–Trinajstić information content (AvgIpc) is 1.98. The molecule has 0 amide bonds. The minimum absolute atomic E-state index is 0.0243. The van der Waals surface area contributed by atoms with Crippen LogP contribution in [-0.4, -0.2) is 6.86 Å². The van der Waals surface area contributed by atoms with Gasteiger partial charge < -0.3 is 10.5 Å². The molecule has 1 aromatic rings. The molecule has 0 aromatic heterocycles. The average molecular weight is 159 g/mol. The second-order valence-corrected chi connectivity index (χ2v) is 1.94. The highest BCUT2D eigenvalue weighted by molar-refractivity contribution is 5.43. The summed E-state index contributed by atoms with van der Waals surface area (Å²) in [5.41, 5.74) is 5.18. The van der Waals surface area contributed by atoms with Gasteiger partial charge in [-0.2, -0.15) is 0 Å². The van der Waals surface area contributed by atoms with Gasteiger partial charge in [-0.15, -0.1) is 0 Å². The van der Waals surface area contributed by atoms with Gasteiger partial charge >= 0.3 is 0 Å². The molecule has 4 heteroatoms. The molecule has 0 radical (unpaired) electrons. The highest BCUT2D eigenvalue weighted by Crippen LogP contribution is 2.17. The van der Waals surface area contributed by atoms with E-state index in [1.165, 1.54) is 12.1 Å². The number of anilines is 1. The topological polar surface area (TPSA) is 35.2 Å². The smallest absolute Gasteiger partial charge is 0.228 e. The van der Waals surface area contributed by atoms with E-state index in [0.717, 1.165) is 6.07 Å². The molecule has 2 nitrogen and oxygen atoms in total. The molecule has 0 saturated carbocycles. The molecule has 0 aliphatic carbocycles. The first-order chi connectivity index (χ1) is 5.24. The van der Waals surface area contributed by atoms with Crippen molar-refractivity contribution in [2.24, 2.45) is 0 Å². The Kier molecular flexibility index (Phi) is 2.25. The molecule has 60 valence electrons. The summed E-state index contributed by atoms with van der Waals surface area (Å²) < 4.78 is 28.5. The van der Waals surface area contributed by atoms with Gasteiger partial charge in [0.1, 0.15) is 11.6 Å². The molecule has 0 bridgehead atoms. The van der Waals surface area contributed by atoms with Crippen LogP contribution in [0.5, 0.6) is 5.75 Å². The third kappa shape index (κ3) is 1.80. The Morgan fingerprint density at radius 3 is 2.73 bits per heavy atom. The number of nitrogens with two attached hydrogens (primary N) is 1. The second-order valence-electron chi connectivity index (χ2n) is 1.94. The Balaban J connectivity index is 2.86. The van der Waals surface area contributed by atoms with Gasteiger partial charge in [-0.1, -0.05) is 0 Å². The molecule has 2 N–H and O–H groups in total. The Morgan fingerprint density at radius 1 is 1.45 bits per heavy atom. The van der Waals surface area contributed by atoms with E-state index in [2.05, 4.69) is 4.74 Å². The van der Waals surface area contributed by atoms with Gasteiger partial charge in [0.05, 0.1) is 5.69 Å². The molecule has 0 saturated heterocycles. The number of benzene rings is 1. The van der Waals surface area contributed by atoms with E-state index < -0.39 is 12.7 Å². The molecule has 0 unspecified atom stereocenters. The number of alkyl halides is 1. The summed E-state index contributed by atoms with van der Waals surface area (Å²) >= 11 is 0. The third-order valence-electron chi connectivity index (χ3n) is 1.19. The maximum absolute atomic E-state index is 12.6. The molecule has 1 aromatic carbocycles. The van der Waals surface area contributed by atoms with Gasteiger partial charge in [0.2, 0.25) is 6.86 Å². The normalized spacial score (nSPS) is 9.64. The summed E-state index contributed by atoms with van der Waals surface area (Å²) in [7, 11) is 0. The quantitative estimate of drug-likeness (QED) is 0.666. The number of halogens is 2. The minimum Gasteiger partial charge on any atom is -0.463 e. The Bertz CT molecular complexity index is 252. The molecule has 0 aliphatic rings. The van der Waals surface area contributed by atoms with Crippen LogP contribution < -0.4 is 10.5 Å². The van der Waals surface area contributed by atoms with Crippen molar-refractivity contribution >= 4 is 5.69 Å². The largest absolute Gasteiger partial charge is 0.463 e. The van der Waals surface area contributed by atoms with E-state index in [1.807, 2.05) is 0 Å². The zero-order valence-electron chi connectivity index (χ0n) is 5.68. The Hall–Kier alpha value is -1.32. The van der Waals surface area contributed by atoms with E-state index in [0.29, 0.717) is 0 Å². The van der Waals surface area contributed by atoms with E-state index in [-0.39, 0.29) is 11.4 Å². The molecule has 0 atom stereocenters. The van der Waals surface area contributed by atoms with Gasteiger partial charge in [0.25, 0.3) is 0 Å². The third-order valence-corrected chi connectivity index (χ3v) is 1.19. The predicted octanol–water partition coefficient (Wildman–Crippen LogP) is 1.71. The van der Waals surface area contributed by atoms with Crippen LogP contribution in [0.25, 0.3) is 0 Å². The summed E-state index contributed by atoms with van der Waals surface area (Å²) in [6.07, 6.45) is 0. The van der Waals surface area contributed by atoms with Crippen LogP contribution in [0.4, 0.5) is 14.5 Å². The SMILES string of the molecule is Nc1ccc(OCF)cc1F. The van der Waals surface area contributed by atoms with Crippen molar-refractivity contribution in [1.29, 1.82) is 0 Å². The number of nitrogen functional groups attached to an aromatic ring is 1. The van der Waals surface area contributed by atoms with Crippen LogP contribution in [0.2, 0.25) is 0 Å². The van der Waals surface area contributed by atoms with Gasteiger partial charge in [0, 0.05) is 6.07 Å². The monoisotopic (exact) mass is 159 g/mol. The standard InChI is InChI=1S/C7H7F2NO/c8-4-11-5-1-2-7(10)6(9)3-5/h1-3H,4,10H2. The maximum Gasteiger partial charge on any atom is 0.228 e. The van der Waals surface area contributed by atoms with Gasteiger partial charge in [0.15, 0.2) is 0 Å². The van der Waals surface area contributed by atoms with Crippen molar-refractivity contribution in [3.05, 3.63) is 24.0 Å². The van der Waals surface area contributed by atoms with Crippen LogP contribution >= 0.6 is 0 Å². The van der Waals surface area contributed by atoms with E-state index in [9.17, 15) is 8.78 Å². The lowest BCUT2D eigenvalue weighted by Gasteiger charge is -2.01. The van der Waals surface area contributed by atoms with Crippen LogP contribution in [-0.2, 0) is 0 Å². The predicted molar refractivity (Wildman–Crippen MR) is 37.4 cm³/mol. The number of hydrogen-bond acceptors (Lipinski definition) is 2. The first kappa shape index (κ1) is 7.78. The molecular formula is C7H7F2NO. The summed E-state index contributed by atoms with van der Waals surface area (Å²) in [5.74, 6) is -0.463. The van der Waals surface area contributed by atoms with Crippen molar-refractivity contribution in [3.63, 3.8) is 0 Å². The first-order valence-corrected chi connectivity index (χ1v) is 2.98. The summed E-state index contributed by atoms with van der Waals surface area (Å²) in [6.45, 7) is -0.969. The fraction of sp³-hybridized carbons (Fsp3) is 0.143. The first-order valence-electron chi connectivity index (χ1n) is 2.98. The van der Waals surface area contributed by atoms with Crippen molar-refractivity contribution < 1.29 is 13.5 Å². The molecule has 0 spiro atoms. The summed E-state index contributed by atoms with van der Waals surface area (Å²) in [6, 6.07) is 3.76. The van der Waals surface area contributed by atoms with Crippen LogP contribution in [0, 0.1) is 5.82 Å². The van der Waals surface area contributed by atoms with E-state index in [4.69, 9.17) is 5.73 Å². The van der Waals surface area contributed by atoms with Gasteiger partial charge in [-0.3, -0.25) is 0 Å². The zero-order chi connectivity index (χ0) is 8.27. The highest BCUT2D eigenvalue weighted by Gasteiger charge is 1.99. The van der Waals surface area contributed by atoms with E-state index in [1.54, 1.807) is 0 Å². The summed E-state index contributed by atoms with van der Waals surface area (Å²) in [5, 5.41) is 0. The van der Waals surface area contributed by atoms with Gasteiger partial charge in [-0.25, -0.2) is 8.78 Å². The Morgan fingerprint density at radius 2 is 2.18 bits per heavy atom. The highest BCUT2D eigenvalue weighted by atomic mass is 19.1. The van der Waals surface area contributed by atoms with Gasteiger partial charge in [-0.05, 0) is 12.1 Å². The molecular weight excluding hydrogens is 152 g/mol. The van der Waals surface area contributed by atoms with Crippen molar-refractivity contribution in [1.82, 2.24) is 0 Å². The fourth-order valence-corrected chi connectivity index (χ4v) is 0.661. The number of hydrogen-bond donors (Lipinski definition) is 1. The van der Waals surface area contributed by atoms with Crippen LogP contribution in [0.1, 0.15) is 0 Å². The maximum atomic E-state index is 12.6. The molecule has 0 fully saturated rings. The molecule has 0 aliphatic heterocycles. The van der Waals surface area contributed by atoms with Crippen molar-refractivity contribution in [2.75, 3.05) is 12.6 Å². The van der Waals surface area contributed by atoms with Crippen molar-refractivity contribution in [2.45, 2.75) is 0 Å². The van der Waals surface area contributed by atoms with Crippen LogP contribution in [0.3, 0.4) is 0 Å². The minimum atomic E-state index is -0.969. The molecule has 0 heterocycles. The summed E-state index contributed by atoms with van der Waals surface area (Å²) in [4.78, 5) is 0. The molecule has 11 heavy (non-hydrogen) atoms. The molecule has 1 rings (SSSR count). The lowest BCUT2D eigenvalue weighted by atomic mass is 10.3. The zero-order valence-corrected chi connectivity index (χ0v) is 5.68. The van der Waals surface area contributed by atoms with Crippen LogP contribution in [0.15, 0.2) is 18.2 Å². The number of rotatable bonds is 2. The van der Waals surface area contributed by atoms with E-state index >= 15 is 0 Å². The second kappa shape index (κ2) is 3.18.